The van der Waals surface area contributed by atoms with Gasteiger partial charge < -0.3 is 9.84 Å². The molecular weight excluding hydrogens is 358 g/mol. The average molecular weight is 375 g/mol. The predicted octanol–water partition coefficient (Wildman–Crippen LogP) is 4.66. The molecule has 134 valence electrons. The maximum Gasteiger partial charge on any atom is 0.263 e. The summed E-state index contributed by atoms with van der Waals surface area (Å²) in [6, 6.07) is 10.7. The van der Waals surface area contributed by atoms with Crippen molar-refractivity contribution in [3.8, 4) is 22.8 Å². The average Bonchev–Trinajstić information content (AvgIpc) is 3.43. The molecule has 6 nitrogen and oxygen atoms in total. The van der Waals surface area contributed by atoms with Gasteiger partial charge in [0.2, 0.25) is 5.82 Å². The lowest BCUT2D eigenvalue weighted by atomic mass is 10.1. The molecule has 0 unspecified atom stereocenters. The van der Waals surface area contributed by atoms with Crippen LogP contribution in [0.3, 0.4) is 0 Å². The van der Waals surface area contributed by atoms with Gasteiger partial charge in [0.15, 0.2) is 0 Å². The summed E-state index contributed by atoms with van der Waals surface area (Å²) in [5.41, 5.74) is 4.38. The SMILES string of the molecule is Cc1ncc(-c2nc(-c3ccsc3)no2)c(N[C@@H]2CCc3ccccc32)n1. The third kappa shape index (κ3) is 3.00. The van der Waals surface area contributed by atoms with E-state index >= 15 is 0 Å². The van der Waals surface area contributed by atoms with Crippen molar-refractivity contribution < 1.29 is 4.52 Å². The summed E-state index contributed by atoms with van der Waals surface area (Å²) in [7, 11) is 0. The predicted molar refractivity (Wildman–Crippen MR) is 105 cm³/mol. The zero-order valence-electron chi connectivity index (χ0n) is 14.7. The highest BCUT2D eigenvalue weighted by molar-refractivity contribution is 7.08. The molecule has 0 spiro atoms. The van der Waals surface area contributed by atoms with Crippen LogP contribution in [0.5, 0.6) is 0 Å². The van der Waals surface area contributed by atoms with Gasteiger partial charge in [-0.3, -0.25) is 0 Å². The Bertz CT molecular complexity index is 1090. The number of aryl methyl sites for hydroxylation is 2. The lowest BCUT2D eigenvalue weighted by molar-refractivity contribution is 0.432. The molecule has 1 aromatic carbocycles. The molecule has 0 saturated carbocycles. The van der Waals surface area contributed by atoms with Crippen molar-refractivity contribution >= 4 is 17.2 Å². The highest BCUT2D eigenvalue weighted by Crippen LogP contribution is 2.36. The van der Waals surface area contributed by atoms with Crippen LogP contribution >= 0.6 is 11.3 Å². The van der Waals surface area contributed by atoms with Crippen LogP contribution < -0.4 is 5.32 Å². The van der Waals surface area contributed by atoms with Crippen LogP contribution in [0.15, 0.2) is 51.8 Å². The van der Waals surface area contributed by atoms with Gasteiger partial charge in [-0.25, -0.2) is 9.97 Å². The van der Waals surface area contributed by atoms with Crippen molar-refractivity contribution in [2.75, 3.05) is 5.32 Å². The minimum absolute atomic E-state index is 0.216. The van der Waals surface area contributed by atoms with E-state index in [-0.39, 0.29) is 6.04 Å². The monoisotopic (exact) mass is 375 g/mol. The molecule has 1 aliphatic rings. The number of rotatable bonds is 4. The first-order chi connectivity index (χ1) is 13.3. The molecule has 5 rings (SSSR count). The van der Waals surface area contributed by atoms with E-state index in [1.165, 1.54) is 11.1 Å². The number of hydrogen-bond acceptors (Lipinski definition) is 7. The van der Waals surface area contributed by atoms with Crippen LogP contribution in [0.4, 0.5) is 5.82 Å². The number of aromatic nitrogens is 4. The number of nitrogens with zero attached hydrogens (tertiary/aromatic N) is 4. The van der Waals surface area contributed by atoms with Crippen molar-refractivity contribution in [1.29, 1.82) is 0 Å². The Morgan fingerprint density at radius 1 is 1.19 bits per heavy atom. The van der Waals surface area contributed by atoms with E-state index < -0.39 is 0 Å². The van der Waals surface area contributed by atoms with Crippen LogP contribution in [-0.4, -0.2) is 20.1 Å². The van der Waals surface area contributed by atoms with Gasteiger partial charge in [-0.05, 0) is 42.3 Å². The maximum atomic E-state index is 5.51. The Morgan fingerprint density at radius 2 is 2.11 bits per heavy atom. The number of hydrogen-bond donors (Lipinski definition) is 1. The van der Waals surface area contributed by atoms with Crippen molar-refractivity contribution in [2.24, 2.45) is 0 Å². The lowest BCUT2D eigenvalue weighted by Crippen LogP contribution is -2.10. The summed E-state index contributed by atoms with van der Waals surface area (Å²) in [4.78, 5) is 13.5. The third-order valence-corrected chi connectivity index (χ3v) is 5.47. The van der Waals surface area contributed by atoms with Crippen LogP contribution in [0.2, 0.25) is 0 Å². The smallest absolute Gasteiger partial charge is 0.263 e. The Hall–Kier alpha value is -3.06. The fourth-order valence-electron chi connectivity index (χ4n) is 3.45. The number of anilines is 1. The number of benzene rings is 1. The van der Waals surface area contributed by atoms with Gasteiger partial charge in [0.25, 0.3) is 5.89 Å². The highest BCUT2D eigenvalue weighted by atomic mass is 32.1. The second-order valence-corrected chi connectivity index (χ2v) is 7.33. The van der Waals surface area contributed by atoms with Gasteiger partial charge >= 0.3 is 0 Å². The molecule has 0 radical (unpaired) electrons. The first kappa shape index (κ1) is 16.1. The first-order valence-corrected chi connectivity index (χ1v) is 9.77. The van der Waals surface area contributed by atoms with Crippen molar-refractivity contribution in [3.63, 3.8) is 0 Å². The third-order valence-electron chi connectivity index (χ3n) is 4.79. The van der Waals surface area contributed by atoms with E-state index in [0.29, 0.717) is 17.5 Å². The fraction of sp³-hybridized carbons (Fsp3) is 0.200. The quantitative estimate of drug-likeness (QED) is 0.559. The number of nitrogens with one attached hydrogen (secondary N) is 1. The highest BCUT2D eigenvalue weighted by Gasteiger charge is 2.24. The van der Waals surface area contributed by atoms with Gasteiger partial charge in [-0.2, -0.15) is 16.3 Å². The van der Waals surface area contributed by atoms with Crippen LogP contribution in [0.1, 0.15) is 29.4 Å². The van der Waals surface area contributed by atoms with Crippen LogP contribution in [-0.2, 0) is 6.42 Å². The minimum atomic E-state index is 0.216. The fourth-order valence-corrected chi connectivity index (χ4v) is 4.08. The molecule has 3 aromatic heterocycles. The second-order valence-electron chi connectivity index (χ2n) is 6.55. The largest absolute Gasteiger partial charge is 0.362 e. The van der Waals surface area contributed by atoms with Crippen molar-refractivity contribution in [3.05, 3.63) is 64.2 Å². The van der Waals surface area contributed by atoms with Crippen molar-refractivity contribution in [1.82, 2.24) is 20.1 Å². The van der Waals surface area contributed by atoms with Gasteiger partial charge in [-0.1, -0.05) is 29.4 Å². The number of fused-ring (bicyclic) bond motifs is 1. The molecule has 0 aliphatic heterocycles. The summed E-state index contributed by atoms with van der Waals surface area (Å²) in [5, 5.41) is 11.7. The molecule has 1 aliphatic carbocycles. The molecule has 4 aromatic rings. The molecule has 3 heterocycles. The maximum absolute atomic E-state index is 5.51. The normalized spacial score (nSPS) is 15.7. The summed E-state index contributed by atoms with van der Waals surface area (Å²) >= 11 is 1.60. The summed E-state index contributed by atoms with van der Waals surface area (Å²) < 4.78 is 5.51. The van der Waals surface area contributed by atoms with E-state index in [2.05, 4.69) is 49.7 Å². The molecule has 0 amide bonds. The summed E-state index contributed by atoms with van der Waals surface area (Å²) in [6.07, 6.45) is 3.85. The molecule has 0 fully saturated rings. The summed E-state index contributed by atoms with van der Waals surface area (Å²) in [5.74, 6) is 2.42. The van der Waals surface area contributed by atoms with Crippen LogP contribution in [0, 0.1) is 6.92 Å². The summed E-state index contributed by atoms with van der Waals surface area (Å²) in [6.45, 7) is 1.88. The Morgan fingerprint density at radius 3 is 3.00 bits per heavy atom. The van der Waals surface area contributed by atoms with Gasteiger partial charge in [0, 0.05) is 17.1 Å². The molecular formula is C20H17N5OS. The zero-order valence-corrected chi connectivity index (χ0v) is 15.5. The first-order valence-electron chi connectivity index (χ1n) is 8.82. The molecule has 1 atom stereocenters. The molecule has 0 saturated heterocycles. The van der Waals surface area contributed by atoms with Gasteiger partial charge in [0.1, 0.15) is 17.2 Å². The number of thiophene rings is 1. The second kappa shape index (κ2) is 6.59. The Kier molecular flexibility index (Phi) is 3.94. The Balaban J connectivity index is 1.50. The van der Waals surface area contributed by atoms with E-state index in [1.54, 1.807) is 17.5 Å². The molecule has 0 bridgehead atoms. The minimum Gasteiger partial charge on any atom is -0.362 e. The lowest BCUT2D eigenvalue weighted by Gasteiger charge is -2.16. The van der Waals surface area contributed by atoms with E-state index in [0.717, 1.165) is 29.8 Å². The van der Waals surface area contributed by atoms with Gasteiger partial charge in [-0.15, -0.1) is 0 Å². The van der Waals surface area contributed by atoms with Gasteiger partial charge in [0.05, 0.1) is 6.04 Å². The Labute approximate surface area is 160 Å². The van der Waals surface area contributed by atoms with E-state index in [1.807, 2.05) is 23.8 Å². The van der Waals surface area contributed by atoms with E-state index in [9.17, 15) is 0 Å². The topological polar surface area (TPSA) is 76.7 Å². The zero-order chi connectivity index (χ0) is 18.2. The molecule has 7 heteroatoms. The van der Waals surface area contributed by atoms with E-state index in [4.69, 9.17) is 4.52 Å². The van der Waals surface area contributed by atoms with Crippen LogP contribution in [0.25, 0.3) is 22.8 Å². The standard InChI is InChI=1S/C20H17N5OS/c1-12-21-10-16(20-24-18(25-26-20)14-8-9-27-11-14)19(22-12)23-17-7-6-13-4-2-3-5-15(13)17/h2-5,8-11,17H,6-7H2,1H3,(H,21,22,23)/t17-/m1/s1. The molecule has 27 heavy (non-hydrogen) atoms. The van der Waals surface area contributed by atoms with Crippen molar-refractivity contribution in [2.45, 2.75) is 25.8 Å². The molecule has 1 N–H and O–H groups in total.